The number of fused-ring (bicyclic) bond motifs is 1. The summed E-state index contributed by atoms with van der Waals surface area (Å²) in [6.45, 7) is 6.28. The Bertz CT molecular complexity index is 582. The molecular weight excluding hydrogens is 284 g/mol. The molecule has 0 amide bonds. The van der Waals surface area contributed by atoms with E-state index in [1.165, 1.54) is 43.3 Å². The first kappa shape index (κ1) is 16.1. The Kier molecular flexibility index (Phi) is 5.83. The van der Waals surface area contributed by atoms with Gasteiger partial charge in [0.25, 0.3) is 0 Å². The Morgan fingerprint density at radius 3 is 2.71 bits per heavy atom. The molecule has 0 spiro atoms. The number of piperidine rings is 1. The predicted octanol–water partition coefficient (Wildman–Crippen LogP) is 3.83. The minimum Gasteiger partial charge on any atom is -0.476 e. The molecule has 0 atom stereocenters. The minimum absolute atomic E-state index is 0. The normalized spacial score (nSPS) is 15.7. The molecule has 4 heteroatoms. The number of para-hydroxylation sites is 1. The van der Waals surface area contributed by atoms with E-state index in [-0.39, 0.29) is 12.4 Å². The van der Waals surface area contributed by atoms with Gasteiger partial charge in [-0.1, -0.05) is 24.6 Å². The zero-order valence-corrected chi connectivity index (χ0v) is 13.4. The van der Waals surface area contributed by atoms with E-state index in [1.807, 2.05) is 24.3 Å². The van der Waals surface area contributed by atoms with Gasteiger partial charge >= 0.3 is 0 Å². The third-order valence-corrected chi connectivity index (χ3v) is 4.01. The van der Waals surface area contributed by atoms with Crippen molar-refractivity contribution in [3.8, 4) is 5.88 Å². The number of rotatable bonds is 4. The van der Waals surface area contributed by atoms with E-state index in [9.17, 15) is 0 Å². The Morgan fingerprint density at radius 1 is 1.14 bits per heavy atom. The van der Waals surface area contributed by atoms with E-state index in [4.69, 9.17) is 4.74 Å². The SMILES string of the molecule is Cc1cc(OCCN2CCCCC2)nc2ccccc12.Cl. The maximum atomic E-state index is 5.84. The topological polar surface area (TPSA) is 25.4 Å². The summed E-state index contributed by atoms with van der Waals surface area (Å²) in [7, 11) is 0. The number of pyridine rings is 1. The number of ether oxygens (including phenoxy) is 1. The first-order valence-corrected chi connectivity index (χ1v) is 7.54. The second kappa shape index (κ2) is 7.62. The standard InChI is InChI=1S/C17H22N2O.ClH/c1-14-13-17(18-16-8-4-3-7-15(14)16)20-12-11-19-9-5-2-6-10-19;/h3-4,7-8,13H,2,5-6,9-12H2,1H3;1H. The Balaban J connectivity index is 0.00000161. The molecule has 0 bridgehead atoms. The third-order valence-electron chi connectivity index (χ3n) is 4.01. The Morgan fingerprint density at radius 2 is 1.90 bits per heavy atom. The van der Waals surface area contributed by atoms with Crippen LogP contribution in [0.2, 0.25) is 0 Å². The van der Waals surface area contributed by atoms with Crippen LogP contribution in [0.1, 0.15) is 24.8 Å². The van der Waals surface area contributed by atoms with Gasteiger partial charge in [0.2, 0.25) is 5.88 Å². The number of benzene rings is 1. The zero-order chi connectivity index (χ0) is 13.8. The van der Waals surface area contributed by atoms with Crippen molar-refractivity contribution in [3.63, 3.8) is 0 Å². The number of aromatic nitrogens is 1. The molecule has 0 radical (unpaired) electrons. The average Bonchev–Trinajstić information content (AvgIpc) is 2.48. The van der Waals surface area contributed by atoms with Crippen LogP contribution < -0.4 is 4.74 Å². The number of nitrogens with zero attached hydrogens (tertiary/aromatic N) is 2. The van der Waals surface area contributed by atoms with Crippen LogP contribution in [0.15, 0.2) is 30.3 Å². The molecule has 21 heavy (non-hydrogen) atoms. The smallest absolute Gasteiger partial charge is 0.214 e. The second-order valence-electron chi connectivity index (χ2n) is 5.55. The van der Waals surface area contributed by atoms with Crippen molar-refractivity contribution in [2.45, 2.75) is 26.2 Å². The number of aryl methyl sites for hydroxylation is 1. The average molecular weight is 307 g/mol. The summed E-state index contributed by atoms with van der Waals surface area (Å²) in [6.07, 6.45) is 4.03. The lowest BCUT2D eigenvalue weighted by Crippen LogP contribution is -2.33. The zero-order valence-electron chi connectivity index (χ0n) is 12.5. The van der Waals surface area contributed by atoms with Crippen molar-refractivity contribution in [3.05, 3.63) is 35.9 Å². The maximum Gasteiger partial charge on any atom is 0.214 e. The molecule has 2 heterocycles. The lowest BCUT2D eigenvalue weighted by Gasteiger charge is -2.26. The van der Waals surface area contributed by atoms with Crippen molar-refractivity contribution < 1.29 is 4.74 Å². The van der Waals surface area contributed by atoms with Gasteiger partial charge in [-0.25, -0.2) is 4.98 Å². The Hall–Kier alpha value is -1.32. The van der Waals surface area contributed by atoms with Crippen LogP contribution >= 0.6 is 12.4 Å². The van der Waals surface area contributed by atoms with Gasteiger partial charge in [0.15, 0.2) is 0 Å². The molecule has 0 saturated carbocycles. The summed E-state index contributed by atoms with van der Waals surface area (Å²) < 4.78 is 5.84. The van der Waals surface area contributed by atoms with Crippen molar-refractivity contribution >= 4 is 23.3 Å². The van der Waals surface area contributed by atoms with Gasteiger partial charge in [0.05, 0.1) is 5.52 Å². The maximum absolute atomic E-state index is 5.84. The highest BCUT2D eigenvalue weighted by atomic mass is 35.5. The number of halogens is 1. The summed E-state index contributed by atoms with van der Waals surface area (Å²) in [5.41, 5.74) is 2.24. The van der Waals surface area contributed by atoms with Gasteiger partial charge in [-0.05, 0) is 44.5 Å². The molecule has 1 aliphatic heterocycles. The van der Waals surface area contributed by atoms with E-state index >= 15 is 0 Å². The van der Waals surface area contributed by atoms with Gasteiger partial charge in [0, 0.05) is 18.0 Å². The van der Waals surface area contributed by atoms with Crippen molar-refractivity contribution in [2.75, 3.05) is 26.2 Å². The highest BCUT2D eigenvalue weighted by Crippen LogP contribution is 2.21. The lowest BCUT2D eigenvalue weighted by molar-refractivity contribution is 0.181. The van der Waals surface area contributed by atoms with Gasteiger partial charge in [-0.3, -0.25) is 4.90 Å². The quantitative estimate of drug-likeness (QED) is 0.858. The fourth-order valence-electron chi connectivity index (χ4n) is 2.85. The molecular formula is C17H23ClN2O. The highest BCUT2D eigenvalue weighted by molar-refractivity contribution is 5.85. The van der Waals surface area contributed by atoms with E-state index in [0.717, 1.165) is 24.5 Å². The van der Waals surface area contributed by atoms with E-state index < -0.39 is 0 Å². The Labute approximate surface area is 132 Å². The van der Waals surface area contributed by atoms with E-state index in [1.54, 1.807) is 0 Å². The molecule has 1 aromatic heterocycles. The van der Waals surface area contributed by atoms with Gasteiger partial charge in [-0.2, -0.15) is 0 Å². The summed E-state index contributed by atoms with van der Waals surface area (Å²) in [5.74, 6) is 0.748. The summed E-state index contributed by atoms with van der Waals surface area (Å²) in [6, 6.07) is 10.3. The van der Waals surface area contributed by atoms with Crippen LogP contribution in [0.5, 0.6) is 5.88 Å². The molecule has 3 nitrogen and oxygen atoms in total. The van der Waals surface area contributed by atoms with Gasteiger partial charge < -0.3 is 4.74 Å². The molecule has 1 aromatic carbocycles. The first-order chi connectivity index (χ1) is 9.83. The second-order valence-corrected chi connectivity index (χ2v) is 5.55. The van der Waals surface area contributed by atoms with Crippen LogP contribution in [0.4, 0.5) is 0 Å². The molecule has 1 fully saturated rings. The van der Waals surface area contributed by atoms with Crippen LogP contribution in [0.25, 0.3) is 10.9 Å². The first-order valence-electron chi connectivity index (χ1n) is 7.54. The fourth-order valence-corrected chi connectivity index (χ4v) is 2.85. The van der Waals surface area contributed by atoms with Crippen LogP contribution in [-0.2, 0) is 0 Å². The summed E-state index contributed by atoms with van der Waals surface area (Å²) >= 11 is 0. The largest absolute Gasteiger partial charge is 0.476 e. The summed E-state index contributed by atoms with van der Waals surface area (Å²) in [4.78, 5) is 7.06. The number of hydrogen-bond donors (Lipinski definition) is 0. The third kappa shape index (κ3) is 4.08. The molecule has 0 N–H and O–H groups in total. The molecule has 1 saturated heterocycles. The van der Waals surface area contributed by atoms with E-state index in [0.29, 0.717) is 0 Å². The number of hydrogen-bond acceptors (Lipinski definition) is 3. The lowest BCUT2D eigenvalue weighted by atomic mass is 10.1. The van der Waals surface area contributed by atoms with Crippen LogP contribution in [0, 0.1) is 6.92 Å². The van der Waals surface area contributed by atoms with E-state index in [2.05, 4.69) is 22.9 Å². The molecule has 0 aliphatic carbocycles. The summed E-state index contributed by atoms with van der Waals surface area (Å²) in [5, 5.41) is 1.20. The van der Waals surface area contributed by atoms with Crippen molar-refractivity contribution in [2.24, 2.45) is 0 Å². The fraction of sp³-hybridized carbons (Fsp3) is 0.471. The van der Waals surface area contributed by atoms with Crippen LogP contribution in [0.3, 0.4) is 0 Å². The highest BCUT2D eigenvalue weighted by Gasteiger charge is 2.10. The van der Waals surface area contributed by atoms with Gasteiger partial charge in [-0.15, -0.1) is 12.4 Å². The van der Waals surface area contributed by atoms with Crippen molar-refractivity contribution in [1.29, 1.82) is 0 Å². The van der Waals surface area contributed by atoms with Gasteiger partial charge in [0.1, 0.15) is 6.61 Å². The molecule has 3 rings (SSSR count). The van der Waals surface area contributed by atoms with Crippen LogP contribution in [-0.4, -0.2) is 36.1 Å². The minimum atomic E-state index is 0. The predicted molar refractivity (Wildman–Crippen MR) is 89.5 cm³/mol. The van der Waals surface area contributed by atoms with Crippen molar-refractivity contribution in [1.82, 2.24) is 9.88 Å². The molecule has 1 aliphatic rings. The molecule has 114 valence electrons. The molecule has 2 aromatic rings. The monoisotopic (exact) mass is 306 g/mol. The molecule has 0 unspecified atom stereocenters. The number of likely N-dealkylation sites (tertiary alicyclic amines) is 1.